The molecule has 66 valence electrons. The molecule has 0 aliphatic rings. The molecule has 0 aromatic carbocycles. The van der Waals surface area contributed by atoms with Crippen LogP contribution < -0.4 is 0 Å². The van der Waals surface area contributed by atoms with Crippen LogP contribution in [0, 0.1) is 13.8 Å². The Morgan fingerprint density at radius 3 is 2.42 bits per heavy atom. The minimum atomic E-state index is -2.44. The minimum Gasteiger partial charge on any atom is -0.260 e. The largest absolute Gasteiger partial charge is 0.265 e. The smallest absolute Gasteiger partial charge is 0.260 e. The summed E-state index contributed by atoms with van der Waals surface area (Å²) in [5, 5.41) is 0. The van der Waals surface area contributed by atoms with Gasteiger partial charge in [-0.05, 0) is 35.3 Å². The maximum absolute atomic E-state index is 12.4. The Morgan fingerprint density at radius 2 is 2.00 bits per heavy atom. The predicted molar refractivity (Wildman–Crippen MR) is 46.4 cm³/mol. The van der Waals surface area contributed by atoms with E-state index in [1.165, 1.54) is 6.20 Å². The lowest BCUT2D eigenvalue weighted by Crippen LogP contribution is -1.96. The summed E-state index contributed by atoms with van der Waals surface area (Å²) in [6.45, 7) is 3.36. The standard InChI is InChI=1S/C8H8BrF2N/c1-4-5(2)12-3-6(9)7(4)8(10)11/h3,8H,1-2H3. The first kappa shape index (κ1) is 9.58. The van der Waals surface area contributed by atoms with Crippen molar-refractivity contribution >= 4 is 15.9 Å². The molecule has 1 aromatic heterocycles. The first-order chi connectivity index (χ1) is 5.54. The molecule has 0 fully saturated rings. The first-order valence-corrected chi connectivity index (χ1v) is 4.23. The molecule has 0 spiro atoms. The summed E-state index contributed by atoms with van der Waals surface area (Å²) in [6, 6.07) is 0. The van der Waals surface area contributed by atoms with Crippen LogP contribution in [0.2, 0.25) is 0 Å². The summed E-state index contributed by atoms with van der Waals surface area (Å²) in [5.41, 5.74) is 1.25. The summed E-state index contributed by atoms with van der Waals surface area (Å²) in [7, 11) is 0. The summed E-state index contributed by atoms with van der Waals surface area (Å²) < 4.78 is 25.2. The van der Waals surface area contributed by atoms with Crippen molar-refractivity contribution in [3.8, 4) is 0 Å². The fourth-order valence-corrected chi connectivity index (χ4v) is 1.53. The Hall–Kier alpha value is -0.510. The van der Waals surface area contributed by atoms with Gasteiger partial charge < -0.3 is 0 Å². The fraction of sp³-hybridized carbons (Fsp3) is 0.375. The van der Waals surface area contributed by atoms with Gasteiger partial charge >= 0.3 is 0 Å². The first-order valence-electron chi connectivity index (χ1n) is 3.43. The molecule has 0 aliphatic heterocycles. The SMILES string of the molecule is Cc1ncc(Br)c(C(F)F)c1C. The van der Waals surface area contributed by atoms with E-state index in [4.69, 9.17) is 0 Å². The van der Waals surface area contributed by atoms with Crippen LogP contribution in [0.4, 0.5) is 8.78 Å². The molecule has 0 N–H and O–H groups in total. The molecule has 4 heteroatoms. The van der Waals surface area contributed by atoms with Crippen molar-refractivity contribution in [3.63, 3.8) is 0 Å². The highest BCUT2D eigenvalue weighted by atomic mass is 79.9. The molecular weight excluding hydrogens is 228 g/mol. The van der Waals surface area contributed by atoms with Crippen molar-refractivity contribution < 1.29 is 8.78 Å². The van der Waals surface area contributed by atoms with E-state index in [0.717, 1.165) is 0 Å². The summed E-state index contributed by atoms with van der Waals surface area (Å²) >= 11 is 3.04. The maximum atomic E-state index is 12.4. The zero-order chi connectivity index (χ0) is 9.30. The van der Waals surface area contributed by atoms with Crippen LogP contribution in [0.5, 0.6) is 0 Å². The summed E-state index contributed by atoms with van der Waals surface area (Å²) in [4.78, 5) is 3.94. The molecule has 0 saturated carbocycles. The van der Waals surface area contributed by atoms with Crippen LogP contribution in [-0.2, 0) is 0 Å². The van der Waals surface area contributed by atoms with Gasteiger partial charge in [-0.2, -0.15) is 0 Å². The number of rotatable bonds is 1. The molecule has 12 heavy (non-hydrogen) atoms. The summed E-state index contributed by atoms with van der Waals surface area (Å²) in [6.07, 6.45) is -1.04. The molecule has 0 saturated heterocycles. The van der Waals surface area contributed by atoms with Crippen molar-refractivity contribution in [1.29, 1.82) is 0 Å². The maximum Gasteiger partial charge on any atom is 0.265 e. The topological polar surface area (TPSA) is 12.9 Å². The van der Waals surface area contributed by atoms with E-state index in [1.807, 2.05) is 0 Å². The Labute approximate surface area is 77.9 Å². The van der Waals surface area contributed by atoms with E-state index in [1.54, 1.807) is 13.8 Å². The monoisotopic (exact) mass is 235 g/mol. The van der Waals surface area contributed by atoms with Crippen LogP contribution in [0.1, 0.15) is 23.2 Å². The predicted octanol–water partition coefficient (Wildman–Crippen LogP) is 3.40. The van der Waals surface area contributed by atoms with Crippen molar-refractivity contribution in [2.45, 2.75) is 20.3 Å². The highest BCUT2D eigenvalue weighted by Crippen LogP contribution is 2.30. The molecule has 0 atom stereocenters. The van der Waals surface area contributed by atoms with Gasteiger partial charge in [-0.25, -0.2) is 8.78 Å². The third kappa shape index (κ3) is 1.63. The number of alkyl halides is 2. The minimum absolute atomic E-state index is 0.0440. The van der Waals surface area contributed by atoms with Crippen molar-refractivity contribution in [2.75, 3.05) is 0 Å². The third-order valence-corrected chi connectivity index (χ3v) is 2.43. The third-order valence-electron chi connectivity index (χ3n) is 1.79. The van der Waals surface area contributed by atoms with E-state index in [2.05, 4.69) is 20.9 Å². The highest BCUT2D eigenvalue weighted by molar-refractivity contribution is 9.10. The Kier molecular flexibility index (Phi) is 2.77. The van der Waals surface area contributed by atoms with Gasteiger partial charge in [0.25, 0.3) is 6.43 Å². The molecule has 1 heterocycles. The number of hydrogen-bond donors (Lipinski definition) is 0. The van der Waals surface area contributed by atoms with Crippen molar-refractivity contribution in [2.24, 2.45) is 0 Å². The van der Waals surface area contributed by atoms with Gasteiger partial charge in [0.2, 0.25) is 0 Å². The average Bonchev–Trinajstić information content (AvgIpc) is 1.97. The molecule has 0 radical (unpaired) electrons. The average molecular weight is 236 g/mol. The molecule has 1 nitrogen and oxygen atoms in total. The lowest BCUT2D eigenvalue weighted by molar-refractivity contribution is 0.149. The van der Waals surface area contributed by atoms with Crippen LogP contribution in [0.3, 0.4) is 0 Å². The Morgan fingerprint density at radius 1 is 1.42 bits per heavy atom. The molecule has 1 rings (SSSR count). The lowest BCUT2D eigenvalue weighted by atomic mass is 10.1. The lowest BCUT2D eigenvalue weighted by Gasteiger charge is -2.08. The second kappa shape index (κ2) is 3.47. The highest BCUT2D eigenvalue weighted by Gasteiger charge is 2.16. The Bertz CT molecular complexity index is 299. The van der Waals surface area contributed by atoms with Crippen LogP contribution in [-0.4, -0.2) is 4.98 Å². The van der Waals surface area contributed by atoms with E-state index in [0.29, 0.717) is 15.7 Å². The summed E-state index contributed by atoms with van der Waals surface area (Å²) in [5.74, 6) is 0. The van der Waals surface area contributed by atoms with Crippen LogP contribution >= 0.6 is 15.9 Å². The van der Waals surface area contributed by atoms with E-state index < -0.39 is 6.43 Å². The Balaban J connectivity index is 3.33. The van der Waals surface area contributed by atoms with Gasteiger partial charge in [0.1, 0.15) is 0 Å². The number of hydrogen-bond acceptors (Lipinski definition) is 1. The van der Waals surface area contributed by atoms with Crippen LogP contribution in [0.25, 0.3) is 0 Å². The number of halogens is 3. The van der Waals surface area contributed by atoms with E-state index in [-0.39, 0.29) is 5.56 Å². The zero-order valence-corrected chi connectivity index (χ0v) is 8.32. The van der Waals surface area contributed by atoms with Crippen molar-refractivity contribution in [3.05, 3.63) is 27.5 Å². The van der Waals surface area contributed by atoms with Crippen molar-refractivity contribution in [1.82, 2.24) is 4.98 Å². The molecule has 1 aromatic rings. The normalized spacial score (nSPS) is 10.8. The quantitative estimate of drug-likeness (QED) is 0.728. The number of aryl methyl sites for hydroxylation is 1. The second-order valence-electron chi connectivity index (χ2n) is 2.53. The molecule has 0 bridgehead atoms. The van der Waals surface area contributed by atoms with Gasteiger partial charge in [0, 0.05) is 21.9 Å². The van der Waals surface area contributed by atoms with Gasteiger partial charge in [-0.1, -0.05) is 0 Å². The van der Waals surface area contributed by atoms with Gasteiger partial charge in [0.15, 0.2) is 0 Å². The van der Waals surface area contributed by atoms with E-state index in [9.17, 15) is 8.78 Å². The van der Waals surface area contributed by atoms with Gasteiger partial charge in [0.05, 0.1) is 0 Å². The number of aromatic nitrogens is 1. The number of nitrogens with zero attached hydrogens (tertiary/aromatic N) is 1. The zero-order valence-electron chi connectivity index (χ0n) is 6.74. The number of pyridine rings is 1. The van der Waals surface area contributed by atoms with Crippen LogP contribution in [0.15, 0.2) is 10.7 Å². The van der Waals surface area contributed by atoms with Gasteiger partial charge in [-0.3, -0.25) is 4.98 Å². The molecular formula is C8H8BrF2N. The van der Waals surface area contributed by atoms with Gasteiger partial charge in [-0.15, -0.1) is 0 Å². The second-order valence-corrected chi connectivity index (χ2v) is 3.39. The van der Waals surface area contributed by atoms with E-state index >= 15 is 0 Å². The fourth-order valence-electron chi connectivity index (χ4n) is 0.962. The molecule has 0 aliphatic carbocycles. The molecule has 0 amide bonds. The molecule has 0 unspecified atom stereocenters.